The third-order valence-corrected chi connectivity index (χ3v) is 4.49. The van der Waals surface area contributed by atoms with Gasteiger partial charge in [-0.3, -0.25) is 9.59 Å². The van der Waals surface area contributed by atoms with Crippen molar-refractivity contribution in [3.8, 4) is 0 Å². The highest BCUT2D eigenvalue weighted by atomic mass is 16.2. The van der Waals surface area contributed by atoms with E-state index in [0.29, 0.717) is 30.8 Å². The largest absolute Gasteiger partial charge is 0.352 e. The van der Waals surface area contributed by atoms with E-state index >= 15 is 0 Å². The third kappa shape index (κ3) is 3.88. The average molecular weight is 337 g/mol. The summed E-state index contributed by atoms with van der Waals surface area (Å²) in [7, 11) is 0. The van der Waals surface area contributed by atoms with E-state index in [1.165, 1.54) is 11.1 Å². The van der Waals surface area contributed by atoms with E-state index in [-0.39, 0.29) is 17.9 Å². The number of amides is 2. The number of aryl methyl sites for hydroxylation is 1. The van der Waals surface area contributed by atoms with Crippen LogP contribution in [0.5, 0.6) is 0 Å². The Labute approximate surface area is 147 Å². The van der Waals surface area contributed by atoms with Crippen LogP contribution in [0, 0.1) is 6.92 Å². The molecule has 0 aliphatic carbocycles. The maximum absolute atomic E-state index is 12.7. The second-order valence-electron chi connectivity index (χ2n) is 6.28. The number of benzene rings is 2. The van der Waals surface area contributed by atoms with Crippen LogP contribution < -0.4 is 16.0 Å². The SMILES string of the molecule is CCNC(=O)c1ccc(C)c(NC(=O)C2Cc3ccccc3CN2)c1. The summed E-state index contributed by atoms with van der Waals surface area (Å²) in [5.41, 5.74) is 4.59. The van der Waals surface area contributed by atoms with Crippen LogP contribution in [0.25, 0.3) is 0 Å². The Morgan fingerprint density at radius 2 is 1.92 bits per heavy atom. The molecule has 0 aromatic heterocycles. The van der Waals surface area contributed by atoms with Gasteiger partial charge in [0.05, 0.1) is 6.04 Å². The zero-order valence-corrected chi connectivity index (χ0v) is 14.6. The molecule has 0 bridgehead atoms. The van der Waals surface area contributed by atoms with Gasteiger partial charge in [-0.25, -0.2) is 0 Å². The van der Waals surface area contributed by atoms with Gasteiger partial charge < -0.3 is 16.0 Å². The fourth-order valence-electron chi connectivity index (χ4n) is 3.02. The third-order valence-electron chi connectivity index (χ3n) is 4.49. The van der Waals surface area contributed by atoms with E-state index in [0.717, 1.165) is 5.56 Å². The van der Waals surface area contributed by atoms with Gasteiger partial charge in [0.2, 0.25) is 5.91 Å². The normalized spacial score (nSPS) is 16.0. The van der Waals surface area contributed by atoms with Crippen LogP contribution in [0.4, 0.5) is 5.69 Å². The van der Waals surface area contributed by atoms with E-state index in [1.807, 2.05) is 32.0 Å². The fourth-order valence-corrected chi connectivity index (χ4v) is 3.02. The second kappa shape index (κ2) is 7.49. The van der Waals surface area contributed by atoms with Crippen molar-refractivity contribution < 1.29 is 9.59 Å². The summed E-state index contributed by atoms with van der Waals surface area (Å²) >= 11 is 0. The van der Waals surface area contributed by atoms with Crippen molar-refractivity contribution in [3.63, 3.8) is 0 Å². The summed E-state index contributed by atoms with van der Waals surface area (Å²) < 4.78 is 0. The molecular formula is C20H23N3O2. The topological polar surface area (TPSA) is 70.2 Å². The van der Waals surface area contributed by atoms with E-state index in [2.05, 4.69) is 28.1 Å². The Hall–Kier alpha value is -2.66. The Morgan fingerprint density at radius 1 is 1.16 bits per heavy atom. The summed E-state index contributed by atoms with van der Waals surface area (Å²) in [6, 6.07) is 13.2. The predicted octanol–water partition coefficient (Wildman–Crippen LogP) is 2.40. The lowest BCUT2D eigenvalue weighted by Gasteiger charge is -2.25. The molecular weight excluding hydrogens is 314 g/mol. The average Bonchev–Trinajstić information content (AvgIpc) is 2.63. The summed E-state index contributed by atoms with van der Waals surface area (Å²) in [6.07, 6.45) is 0.664. The Morgan fingerprint density at radius 3 is 2.68 bits per heavy atom. The van der Waals surface area contributed by atoms with Gasteiger partial charge in [-0.2, -0.15) is 0 Å². The minimum Gasteiger partial charge on any atom is -0.352 e. The smallest absolute Gasteiger partial charge is 0.251 e. The first-order valence-electron chi connectivity index (χ1n) is 8.58. The van der Waals surface area contributed by atoms with E-state index in [4.69, 9.17) is 0 Å². The molecule has 1 heterocycles. The van der Waals surface area contributed by atoms with Gasteiger partial charge in [0.25, 0.3) is 5.91 Å². The standard InChI is InChI=1S/C20H23N3O2/c1-3-21-19(24)15-9-8-13(2)17(11-15)23-20(25)18-10-14-6-4-5-7-16(14)12-22-18/h4-9,11,18,22H,3,10,12H2,1-2H3,(H,21,24)(H,23,25). The first-order valence-corrected chi connectivity index (χ1v) is 8.58. The molecule has 3 rings (SSSR count). The second-order valence-corrected chi connectivity index (χ2v) is 6.28. The van der Waals surface area contributed by atoms with Gasteiger partial charge in [-0.15, -0.1) is 0 Å². The van der Waals surface area contributed by atoms with Crippen LogP contribution in [0.15, 0.2) is 42.5 Å². The molecule has 2 aromatic carbocycles. The molecule has 0 saturated heterocycles. The minimum absolute atomic E-state index is 0.0781. The van der Waals surface area contributed by atoms with Crippen LogP contribution in [0.1, 0.15) is 34.0 Å². The van der Waals surface area contributed by atoms with Crippen LogP contribution >= 0.6 is 0 Å². The highest BCUT2D eigenvalue weighted by Crippen LogP contribution is 2.20. The van der Waals surface area contributed by atoms with Crippen molar-refractivity contribution in [2.24, 2.45) is 0 Å². The molecule has 1 aliphatic heterocycles. The van der Waals surface area contributed by atoms with Crippen molar-refractivity contribution in [2.75, 3.05) is 11.9 Å². The number of hydrogen-bond donors (Lipinski definition) is 3. The molecule has 0 radical (unpaired) electrons. The molecule has 25 heavy (non-hydrogen) atoms. The number of anilines is 1. The summed E-state index contributed by atoms with van der Waals surface area (Å²) in [5.74, 6) is -0.214. The lowest BCUT2D eigenvalue weighted by molar-refractivity contribution is -0.118. The lowest BCUT2D eigenvalue weighted by Crippen LogP contribution is -2.44. The predicted molar refractivity (Wildman–Crippen MR) is 98.6 cm³/mol. The Kier molecular flexibility index (Phi) is 5.14. The molecule has 1 atom stereocenters. The lowest BCUT2D eigenvalue weighted by atomic mass is 9.95. The van der Waals surface area contributed by atoms with Crippen LogP contribution in [0.2, 0.25) is 0 Å². The maximum Gasteiger partial charge on any atom is 0.251 e. The zero-order chi connectivity index (χ0) is 17.8. The number of carbonyl (C=O) groups is 2. The molecule has 0 fully saturated rings. The molecule has 5 heteroatoms. The molecule has 1 unspecified atom stereocenters. The van der Waals surface area contributed by atoms with Crippen molar-refractivity contribution in [2.45, 2.75) is 32.9 Å². The number of fused-ring (bicyclic) bond motifs is 1. The highest BCUT2D eigenvalue weighted by Gasteiger charge is 2.24. The van der Waals surface area contributed by atoms with E-state index < -0.39 is 0 Å². The molecule has 5 nitrogen and oxygen atoms in total. The van der Waals surface area contributed by atoms with Gasteiger partial charge in [0, 0.05) is 24.3 Å². The molecule has 1 aliphatic rings. The summed E-state index contributed by atoms with van der Waals surface area (Å²) in [6.45, 7) is 5.05. The van der Waals surface area contributed by atoms with E-state index in [1.54, 1.807) is 12.1 Å². The monoisotopic (exact) mass is 337 g/mol. The zero-order valence-electron chi connectivity index (χ0n) is 14.6. The number of nitrogens with one attached hydrogen (secondary N) is 3. The first-order chi connectivity index (χ1) is 12.1. The van der Waals surface area contributed by atoms with Crippen molar-refractivity contribution in [1.29, 1.82) is 0 Å². The van der Waals surface area contributed by atoms with Crippen molar-refractivity contribution in [3.05, 3.63) is 64.7 Å². The Balaban J connectivity index is 1.73. The van der Waals surface area contributed by atoms with Crippen molar-refractivity contribution in [1.82, 2.24) is 10.6 Å². The maximum atomic E-state index is 12.7. The number of rotatable bonds is 4. The van der Waals surface area contributed by atoms with Gasteiger partial charge in [-0.05, 0) is 49.1 Å². The summed E-state index contributed by atoms with van der Waals surface area (Å²) in [5, 5.41) is 9.02. The molecule has 130 valence electrons. The van der Waals surface area contributed by atoms with Gasteiger partial charge in [-0.1, -0.05) is 30.3 Å². The quantitative estimate of drug-likeness (QED) is 0.802. The molecule has 2 aromatic rings. The highest BCUT2D eigenvalue weighted by molar-refractivity contribution is 5.99. The number of carbonyl (C=O) groups excluding carboxylic acids is 2. The van der Waals surface area contributed by atoms with Crippen molar-refractivity contribution >= 4 is 17.5 Å². The van der Waals surface area contributed by atoms with Gasteiger partial charge in [0.1, 0.15) is 0 Å². The van der Waals surface area contributed by atoms with Gasteiger partial charge in [0.15, 0.2) is 0 Å². The molecule has 0 spiro atoms. The molecule has 0 saturated carbocycles. The van der Waals surface area contributed by atoms with Gasteiger partial charge >= 0.3 is 0 Å². The number of hydrogen-bond acceptors (Lipinski definition) is 3. The van der Waals surface area contributed by atoms with E-state index in [9.17, 15) is 9.59 Å². The van der Waals surface area contributed by atoms with Crippen LogP contribution in [0.3, 0.4) is 0 Å². The van der Waals surface area contributed by atoms with Crippen LogP contribution in [-0.2, 0) is 17.8 Å². The first kappa shape index (κ1) is 17.2. The fraction of sp³-hybridized carbons (Fsp3) is 0.300. The molecule has 2 amide bonds. The Bertz CT molecular complexity index is 801. The molecule has 3 N–H and O–H groups in total. The minimum atomic E-state index is -0.276. The summed E-state index contributed by atoms with van der Waals surface area (Å²) in [4.78, 5) is 24.7. The van der Waals surface area contributed by atoms with Crippen LogP contribution in [-0.4, -0.2) is 24.4 Å².